The first-order valence-electron chi connectivity index (χ1n) is 12.9. The van der Waals surface area contributed by atoms with Crippen LogP contribution in [-0.4, -0.2) is 61.9 Å². The Morgan fingerprint density at radius 1 is 1.13 bits per heavy atom. The highest BCUT2D eigenvalue weighted by Gasteiger charge is 2.62. The Balaban J connectivity index is 1.28. The van der Waals surface area contributed by atoms with Crippen molar-refractivity contribution in [1.29, 1.82) is 0 Å². The minimum Gasteiger partial charge on any atom is -0.497 e. The molecule has 2 aromatic rings. The highest BCUT2D eigenvalue weighted by molar-refractivity contribution is 6.34. The van der Waals surface area contributed by atoms with Crippen LogP contribution in [0.5, 0.6) is 11.5 Å². The van der Waals surface area contributed by atoms with Gasteiger partial charge in [0.2, 0.25) is 0 Å². The van der Waals surface area contributed by atoms with E-state index in [0.29, 0.717) is 53.5 Å². The number of carbonyl (C=O) groups excluding carboxylic acids is 2. The van der Waals surface area contributed by atoms with Crippen molar-refractivity contribution < 1.29 is 37.3 Å². The number of carbonyl (C=O) groups is 2. The van der Waals surface area contributed by atoms with E-state index < -0.39 is 23.2 Å². The molecular formula is C28H32ClF3N2O5. The maximum atomic E-state index is 14.1. The lowest BCUT2D eigenvalue weighted by molar-refractivity contribution is -0.262. The van der Waals surface area contributed by atoms with Gasteiger partial charge in [0.25, 0.3) is 17.4 Å². The summed E-state index contributed by atoms with van der Waals surface area (Å²) in [4.78, 5) is 25.9. The van der Waals surface area contributed by atoms with Crippen molar-refractivity contribution in [3.63, 3.8) is 0 Å². The molecule has 1 aliphatic heterocycles. The Morgan fingerprint density at radius 3 is 2.46 bits per heavy atom. The third-order valence-electron chi connectivity index (χ3n) is 7.79. The monoisotopic (exact) mass is 568 g/mol. The largest absolute Gasteiger partial charge is 0.497 e. The number of nitrogens with zero attached hydrogens (tertiary/aromatic N) is 1. The number of nitrogens with one attached hydrogen (secondary N) is 1. The van der Waals surface area contributed by atoms with Gasteiger partial charge < -0.3 is 24.8 Å². The van der Waals surface area contributed by atoms with Gasteiger partial charge in [-0.05, 0) is 73.8 Å². The summed E-state index contributed by atoms with van der Waals surface area (Å²) in [5, 5.41) is 13.6. The fraction of sp³-hybridized carbons (Fsp3) is 0.500. The summed E-state index contributed by atoms with van der Waals surface area (Å²) >= 11 is 6.16. The number of likely N-dealkylation sites (tertiary alicyclic amines) is 1. The number of methoxy groups -OCH3 is 1. The van der Waals surface area contributed by atoms with Crippen molar-refractivity contribution in [3.8, 4) is 11.5 Å². The highest BCUT2D eigenvalue weighted by atomic mass is 35.5. The second kappa shape index (κ2) is 11.6. The summed E-state index contributed by atoms with van der Waals surface area (Å²) in [7, 11) is 2.83. The Kier molecular flexibility index (Phi) is 8.66. The predicted octanol–water partition coefficient (Wildman–Crippen LogP) is 4.80. The van der Waals surface area contributed by atoms with Gasteiger partial charge in [-0.3, -0.25) is 9.59 Å². The Hall–Kier alpha value is -2.98. The predicted molar refractivity (Wildman–Crippen MR) is 139 cm³/mol. The van der Waals surface area contributed by atoms with Crippen molar-refractivity contribution in [2.45, 2.75) is 37.5 Å². The first-order chi connectivity index (χ1) is 18.5. The van der Waals surface area contributed by atoms with Gasteiger partial charge in [0.05, 0.1) is 24.3 Å². The molecule has 1 heterocycles. The van der Waals surface area contributed by atoms with E-state index in [4.69, 9.17) is 21.1 Å². The number of benzene rings is 2. The summed E-state index contributed by atoms with van der Waals surface area (Å²) in [5.41, 5.74) is -3.83. The summed E-state index contributed by atoms with van der Waals surface area (Å²) in [6.45, 7) is 0.789. The minimum atomic E-state index is -5.19. The lowest BCUT2D eigenvalue weighted by Gasteiger charge is -2.38. The Morgan fingerprint density at radius 2 is 1.85 bits per heavy atom. The van der Waals surface area contributed by atoms with Crippen molar-refractivity contribution in [1.82, 2.24) is 10.2 Å². The topological polar surface area (TPSA) is 88.1 Å². The first kappa shape index (κ1) is 29.0. The molecule has 2 amide bonds. The molecule has 1 unspecified atom stereocenters. The number of aliphatic hydroxyl groups is 1. The van der Waals surface area contributed by atoms with Gasteiger partial charge in [0, 0.05) is 25.7 Å². The number of alkyl halides is 3. The summed E-state index contributed by atoms with van der Waals surface area (Å²) in [6.07, 6.45) is -2.20. The number of amides is 2. The van der Waals surface area contributed by atoms with Crippen molar-refractivity contribution in [2.75, 3.05) is 33.9 Å². The van der Waals surface area contributed by atoms with Crippen molar-refractivity contribution >= 4 is 23.4 Å². The molecule has 2 aliphatic rings. The average Bonchev–Trinajstić information content (AvgIpc) is 3.71. The third-order valence-corrected chi connectivity index (χ3v) is 8.10. The van der Waals surface area contributed by atoms with Crippen LogP contribution < -0.4 is 14.8 Å². The van der Waals surface area contributed by atoms with Crippen LogP contribution >= 0.6 is 11.6 Å². The molecule has 0 aromatic heterocycles. The van der Waals surface area contributed by atoms with Crippen LogP contribution in [0.15, 0.2) is 42.5 Å². The fourth-order valence-electron chi connectivity index (χ4n) is 5.43. The summed E-state index contributed by atoms with van der Waals surface area (Å²) < 4.78 is 53.0. The number of hydrogen-bond donors (Lipinski definition) is 2. The van der Waals surface area contributed by atoms with E-state index in [1.807, 2.05) is 0 Å². The average molecular weight is 569 g/mol. The Labute approximate surface area is 230 Å². The van der Waals surface area contributed by atoms with Gasteiger partial charge in [-0.15, -0.1) is 0 Å². The van der Waals surface area contributed by atoms with E-state index in [0.717, 1.165) is 29.9 Å². The van der Waals surface area contributed by atoms with E-state index in [2.05, 4.69) is 5.32 Å². The number of piperidine rings is 1. The molecule has 0 radical (unpaired) electrons. The zero-order chi connectivity index (χ0) is 28.4. The van der Waals surface area contributed by atoms with Crippen molar-refractivity contribution in [3.05, 3.63) is 58.6 Å². The molecule has 39 heavy (non-hydrogen) atoms. The van der Waals surface area contributed by atoms with Gasteiger partial charge >= 0.3 is 6.18 Å². The molecule has 2 N–H and O–H groups in total. The van der Waals surface area contributed by atoms with E-state index >= 15 is 0 Å². The van der Waals surface area contributed by atoms with Gasteiger partial charge in [0.15, 0.2) is 0 Å². The van der Waals surface area contributed by atoms with Gasteiger partial charge in [-0.2, -0.15) is 13.2 Å². The molecule has 1 saturated heterocycles. The van der Waals surface area contributed by atoms with Crippen LogP contribution in [0, 0.1) is 17.8 Å². The zero-order valence-electron chi connectivity index (χ0n) is 21.8. The molecule has 212 valence electrons. The van der Waals surface area contributed by atoms with Crippen LogP contribution in [-0.2, 0) is 10.4 Å². The van der Waals surface area contributed by atoms with E-state index in [1.54, 1.807) is 18.2 Å². The van der Waals surface area contributed by atoms with Crippen molar-refractivity contribution in [2.24, 2.45) is 17.8 Å². The highest BCUT2D eigenvalue weighted by Crippen LogP contribution is 2.50. The Bertz CT molecular complexity index is 1200. The van der Waals surface area contributed by atoms with Crippen LogP contribution in [0.3, 0.4) is 0 Å². The number of halogens is 4. The summed E-state index contributed by atoms with van der Waals surface area (Å²) in [6, 6.07) is 9.81. The standard InChI is InChI=1S/C28H32ClF3N2O5/c1-33-25(35)22-7-6-21(16-24(22)29)39-13-10-18-14-23(18)17-8-11-34(12-9-17)26(36)27(37,28(30,31)32)19-4-3-5-20(15-19)38-2/h3-7,15-18,23,37H,8-14H2,1-2H3,(H,33,35)/t18-,23?,27-/m1/s1. The lowest BCUT2D eigenvalue weighted by Crippen LogP contribution is -2.57. The van der Waals surface area contributed by atoms with Gasteiger partial charge in [0.1, 0.15) is 11.5 Å². The molecule has 3 atom stereocenters. The zero-order valence-corrected chi connectivity index (χ0v) is 22.5. The molecule has 1 aliphatic carbocycles. The maximum Gasteiger partial charge on any atom is 0.430 e. The molecule has 1 saturated carbocycles. The maximum absolute atomic E-state index is 14.1. The molecular weight excluding hydrogens is 537 g/mol. The van der Waals surface area contributed by atoms with E-state index in [9.17, 15) is 27.9 Å². The minimum absolute atomic E-state index is 0.120. The number of hydrogen-bond acceptors (Lipinski definition) is 5. The third kappa shape index (κ3) is 6.11. The SMILES string of the molecule is CNC(=O)c1ccc(OCC[C@@H]2CC2C2CCN(C(=O)[C@](O)(c3cccc(OC)c3)C(F)(F)F)CC2)cc1Cl. The number of rotatable bonds is 9. The molecule has 11 heteroatoms. The molecule has 4 rings (SSSR count). The molecule has 2 aromatic carbocycles. The smallest absolute Gasteiger partial charge is 0.430 e. The van der Waals surface area contributed by atoms with Crippen LogP contribution in [0.1, 0.15) is 41.6 Å². The second-order valence-electron chi connectivity index (χ2n) is 10.1. The summed E-state index contributed by atoms with van der Waals surface area (Å²) in [5.74, 6) is 0.245. The molecule has 0 spiro atoms. The second-order valence-corrected chi connectivity index (χ2v) is 10.5. The number of ether oxygens (including phenoxy) is 2. The molecule has 2 fully saturated rings. The normalized spacial score (nSPS) is 21.2. The van der Waals surface area contributed by atoms with E-state index in [-0.39, 0.29) is 24.7 Å². The van der Waals surface area contributed by atoms with E-state index in [1.165, 1.54) is 26.3 Å². The van der Waals surface area contributed by atoms with Crippen LogP contribution in [0.2, 0.25) is 5.02 Å². The first-order valence-corrected chi connectivity index (χ1v) is 13.2. The molecule has 0 bridgehead atoms. The van der Waals surface area contributed by atoms with Gasteiger partial charge in [-0.1, -0.05) is 23.7 Å². The van der Waals surface area contributed by atoms with Crippen LogP contribution in [0.4, 0.5) is 13.2 Å². The lowest BCUT2D eigenvalue weighted by atomic mass is 9.87. The van der Waals surface area contributed by atoms with Crippen LogP contribution in [0.25, 0.3) is 0 Å². The molecule has 7 nitrogen and oxygen atoms in total. The quantitative estimate of drug-likeness (QED) is 0.454. The fourth-order valence-corrected chi connectivity index (χ4v) is 5.69. The van der Waals surface area contributed by atoms with Gasteiger partial charge in [-0.25, -0.2) is 0 Å².